The van der Waals surface area contributed by atoms with Gasteiger partial charge in [-0.05, 0) is 35.9 Å². The molecule has 1 saturated heterocycles. The topological polar surface area (TPSA) is 41.6 Å². The number of carbonyl (C=O) groups is 1. The summed E-state index contributed by atoms with van der Waals surface area (Å²) in [5, 5.41) is 3.76. The molecule has 3 rings (SSSR count). The van der Waals surface area contributed by atoms with E-state index in [9.17, 15) is 4.79 Å². The zero-order valence-electron chi connectivity index (χ0n) is 13.1. The number of benzene rings is 2. The lowest BCUT2D eigenvalue weighted by molar-refractivity contribution is 0.0342. The predicted octanol–water partition coefficient (Wildman–Crippen LogP) is 4.08. The SMILES string of the molecule is O=C(Nc1cc(Cl)ccc1Cl)c1ccc(CN2CCOCC2)cc1. The van der Waals surface area contributed by atoms with Gasteiger partial charge in [-0.3, -0.25) is 9.69 Å². The first-order valence-electron chi connectivity index (χ1n) is 7.77. The molecular formula is C18H18Cl2N2O2. The second-order valence-corrected chi connectivity index (χ2v) is 6.51. The second kappa shape index (κ2) is 7.99. The van der Waals surface area contributed by atoms with Crippen LogP contribution in [0.5, 0.6) is 0 Å². The van der Waals surface area contributed by atoms with Crippen molar-refractivity contribution in [1.29, 1.82) is 0 Å². The Kier molecular flexibility index (Phi) is 5.74. The quantitative estimate of drug-likeness (QED) is 0.888. The van der Waals surface area contributed by atoms with Crippen LogP contribution in [-0.4, -0.2) is 37.1 Å². The Labute approximate surface area is 151 Å². The Morgan fingerprint density at radius 2 is 1.79 bits per heavy atom. The minimum atomic E-state index is -0.211. The molecule has 0 unspecified atom stereocenters. The molecule has 1 N–H and O–H groups in total. The van der Waals surface area contributed by atoms with Crippen LogP contribution in [0.2, 0.25) is 10.0 Å². The lowest BCUT2D eigenvalue weighted by Gasteiger charge is -2.26. The first-order chi connectivity index (χ1) is 11.6. The molecule has 0 aromatic heterocycles. The molecule has 2 aromatic rings. The number of hydrogen-bond donors (Lipinski definition) is 1. The van der Waals surface area contributed by atoms with Crippen molar-refractivity contribution in [3.63, 3.8) is 0 Å². The van der Waals surface area contributed by atoms with E-state index in [0.717, 1.165) is 32.8 Å². The van der Waals surface area contributed by atoms with Crippen LogP contribution in [0.15, 0.2) is 42.5 Å². The van der Waals surface area contributed by atoms with Crippen molar-refractivity contribution in [1.82, 2.24) is 4.90 Å². The third-order valence-electron chi connectivity index (χ3n) is 3.90. The number of nitrogens with one attached hydrogen (secondary N) is 1. The molecule has 1 fully saturated rings. The summed E-state index contributed by atoms with van der Waals surface area (Å²) < 4.78 is 5.35. The summed E-state index contributed by atoms with van der Waals surface area (Å²) in [6.07, 6.45) is 0. The van der Waals surface area contributed by atoms with Crippen LogP contribution in [0.1, 0.15) is 15.9 Å². The number of hydrogen-bond acceptors (Lipinski definition) is 3. The molecule has 4 nitrogen and oxygen atoms in total. The smallest absolute Gasteiger partial charge is 0.255 e. The van der Waals surface area contributed by atoms with Gasteiger partial charge in [0.15, 0.2) is 0 Å². The van der Waals surface area contributed by atoms with Crippen LogP contribution in [0.3, 0.4) is 0 Å². The first-order valence-corrected chi connectivity index (χ1v) is 8.53. The van der Waals surface area contributed by atoms with Gasteiger partial charge in [0.2, 0.25) is 0 Å². The fourth-order valence-electron chi connectivity index (χ4n) is 2.57. The first kappa shape index (κ1) is 17.2. The number of carbonyl (C=O) groups excluding carboxylic acids is 1. The van der Waals surface area contributed by atoms with Crippen LogP contribution < -0.4 is 5.32 Å². The number of halogens is 2. The van der Waals surface area contributed by atoms with E-state index < -0.39 is 0 Å². The largest absolute Gasteiger partial charge is 0.379 e. The van der Waals surface area contributed by atoms with Gasteiger partial charge in [-0.1, -0.05) is 35.3 Å². The molecule has 0 bridgehead atoms. The summed E-state index contributed by atoms with van der Waals surface area (Å²) in [4.78, 5) is 14.7. The monoisotopic (exact) mass is 364 g/mol. The van der Waals surface area contributed by atoms with Gasteiger partial charge in [-0.2, -0.15) is 0 Å². The van der Waals surface area contributed by atoms with Crippen LogP contribution in [0.4, 0.5) is 5.69 Å². The summed E-state index contributed by atoms with van der Waals surface area (Å²) in [5.74, 6) is -0.211. The summed E-state index contributed by atoms with van der Waals surface area (Å²) in [6.45, 7) is 4.30. The highest BCUT2D eigenvalue weighted by Gasteiger charge is 2.12. The molecule has 126 valence electrons. The molecule has 1 amide bonds. The Bertz CT molecular complexity index is 713. The molecular weight excluding hydrogens is 347 g/mol. The summed E-state index contributed by atoms with van der Waals surface area (Å²) in [5.41, 5.74) is 2.26. The third kappa shape index (κ3) is 4.48. The molecule has 0 radical (unpaired) electrons. The molecule has 0 saturated carbocycles. The summed E-state index contributed by atoms with van der Waals surface area (Å²) in [7, 11) is 0. The third-order valence-corrected chi connectivity index (χ3v) is 4.47. The van der Waals surface area contributed by atoms with E-state index in [0.29, 0.717) is 21.3 Å². The molecule has 0 aliphatic carbocycles. The standard InChI is InChI=1S/C18H18Cl2N2O2/c19-15-5-6-16(20)17(11-15)21-18(23)14-3-1-13(2-4-14)12-22-7-9-24-10-8-22/h1-6,11H,7-10,12H2,(H,21,23). The number of anilines is 1. The maximum absolute atomic E-state index is 12.3. The van der Waals surface area contributed by atoms with E-state index in [2.05, 4.69) is 10.2 Å². The van der Waals surface area contributed by atoms with Crippen molar-refractivity contribution >= 4 is 34.8 Å². The number of ether oxygens (including phenoxy) is 1. The van der Waals surface area contributed by atoms with E-state index >= 15 is 0 Å². The average Bonchev–Trinajstić information content (AvgIpc) is 2.60. The molecule has 24 heavy (non-hydrogen) atoms. The van der Waals surface area contributed by atoms with E-state index in [1.807, 2.05) is 24.3 Å². The Morgan fingerprint density at radius 3 is 2.50 bits per heavy atom. The van der Waals surface area contributed by atoms with E-state index in [4.69, 9.17) is 27.9 Å². The second-order valence-electron chi connectivity index (χ2n) is 5.66. The van der Waals surface area contributed by atoms with Crippen LogP contribution >= 0.6 is 23.2 Å². The van der Waals surface area contributed by atoms with E-state index in [-0.39, 0.29) is 5.91 Å². The maximum Gasteiger partial charge on any atom is 0.255 e. The van der Waals surface area contributed by atoms with Crippen LogP contribution in [-0.2, 0) is 11.3 Å². The van der Waals surface area contributed by atoms with Gasteiger partial charge in [-0.15, -0.1) is 0 Å². The van der Waals surface area contributed by atoms with Crippen molar-refractivity contribution in [3.05, 3.63) is 63.6 Å². The molecule has 1 aliphatic rings. The van der Waals surface area contributed by atoms with Crippen molar-refractivity contribution in [2.45, 2.75) is 6.54 Å². The normalized spacial score (nSPS) is 15.2. The molecule has 1 aliphatic heterocycles. The van der Waals surface area contributed by atoms with E-state index in [1.165, 1.54) is 5.56 Å². The Hall–Kier alpha value is -1.59. The molecule has 0 atom stereocenters. The minimum absolute atomic E-state index is 0.211. The van der Waals surface area contributed by atoms with Crippen molar-refractivity contribution in [2.75, 3.05) is 31.6 Å². The fraction of sp³-hybridized carbons (Fsp3) is 0.278. The highest BCUT2D eigenvalue weighted by atomic mass is 35.5. The summed E-state index contributed by atoms with van der Waals surface area (Å²) in [6, 6.07) is 12.6. The lowest BCUT2D eigenvalue weighted by Crippen LogP contribution is -2.35. The van der Waals surface area contributed by atoms with Crippen molar-refractivity contribution in [3.8, 4) is 0 Å². The summed E-state index contributed by atoms with van der Waals surface area (Å²) >= 11 is 12.0. The van der Waals surface area contributed by atoms with Gasteiger partial charge in [-0.25, -0.2) is 0 Å². The van der Waals surface area contributed by atoms with E-state index in [1.54, 1.807) is 18.2 Å². The number of nitrogens with zero attached hydrogens (tertiary/aromatic N) is 1. The van der Waals surface area contributed by atoms with Gasteiger partial charge in [0.25, 0.3) is 5.91 Å². The van der Waals surface area contributed by atoms with Crippen molar-refractivity contribution in [2.24, 2.45) is 0 Å². The van der Waals surface area contributed by atoms with Gasteiger partial charge in [0.05, 0.1) is 23.9 Å². The number of rotatable bonds is 4. The maximum atomic E-state index is 12.3. The Balaban J connectivity index is 1.64. The van der Waals surface area contributed by atoms with Crippen LogP contribution in [0, 0.1) is 0 Å². The van der Waals surface area contributed by atoms with Crippen LogP contribution in [0.25, 0.3) is 0 Å². The highest BCUT2D eigenvalue weighted by Crippen LogP contribution is 2.26. The zero-order chi connectivity index (χ0) is 16.9. The van der Waals surface area contributed by atoms with Gasteiger partial charge >= 0.3 is 0 Å². The molecule has 1 heterocycles. The number of morpholine rings is 1. The Morgan fingerprint density at radius 1 is 1.08 bits per heavy atom. The van der Waals surface area contributed by atoms with Gasteiger partial charge < -0.3 is 10.1 Å². The molecule has 2 aromatic carbocycles. The number of amides is 1. The van der Waals surface area contributed by atoms with Gasteiger partial charge in [0.1, 0.15) is 0 Å². The zero-order valence-corrected chi connectivity index (χ0v) is 14.6. The predicted molar refractivity (Wildman–Crippen MR) is 97.0 cm³/mol. The fourth-order valence-corrected chi connectivity index (χ4v) is 2.90. The minimum Gasteiger partial charge on any atom is -0.379 e. The molecule has 0 spiro atoms. The molecule has 6 heteroatoms. The highest BCUT2D eigenvalue weighted by molar-refractivity contribution is 6.35. The lowest BCUT2D eigenvalue weighted by atomic mass is 10.1. The van der Waals surface area contributed by atoms with Crippen molar-refractivity contribution < 1.29 is 9.53 Å². The average molecular weight is 365 g/mol. The van der Waals surface area contributed by atoms with Gasteiger partial charge in [0, 0.05) is 30.2 Å².